The highest BCUT2D eigenvalue weighted by Gasteiger charge is 2.54. The highest BCUT2D eigenvalue weighted by molar-refractivity contribution is 5.97. The maximum absolute atomic E-state index is 13.8. The number of aldehydes is 1. The smallest absolute Gasteiger partial charge is 0.276 e. The van der Waals surface area contributed by atoms with E-state index in [0.29, 0.717) is 59.9 Å². The first-order valence-corrected chi connectivity index (χ1v) is 18.3. The minimum absolute atomic E-state index is 0.00513. The van der Waals surface area contributed by atoms with Crippen LogP contribution in [0.5, 0.6) is 0 Å². The van der Waals surface area contributed by atoms with Gasteiger partial charge in [0, 0.05) is 19.0 Å². The molecule has 3 fully saturated rings. The molecule has 13 nitrogen and oxygen atoms in total. The Hall–Kier alpha value is -4.13. The quantitative estimate of drug-likeness (QED) is 0.175. The van der Waals surface area contributed by atoms with E-state index >= 15 is 0 Å². The molecule has 2 aliphatic heterocycles. The number of aromatic nitrogens is 3. The van der Waals surface area contributed by atoms with Crippen LogP contribution in [0.3, 0.4) is 0 Å². The van der Waals surface area contributed by atoms with Crippen LogP contribution >= 0.6 is 0 Å². The second-order valence-electron chi connectivity index (χ2n) is 16.0. The number of anilines is 3. The number of nitrogens with one attached hydrogen (secondary N) is 4. The van der Waals surface area contributed by atoms with Crippen LogP contribution in [0.25, 0.3) is 0 Å². The molecule has 3 amide bonds. The molecule has 13 heteroatoms. The number of carbonyl (C=O) groups is 4. The Balaban J connectivity index is 0.972. The summed E-state index contributed by atoms with van der Waals surface area (Å²) < 4.78 is 1.67. The zero-order valence-electron chi connectivity index (χ0n) is 29.9. The Morgan fingerprint density at radius 1 is 1.02 bits per heavy atom. The standard InChI is InChI=1S/C37H52N8O5/c1-24-20-26(33(49)45-30(24)32(48)43-37(45)16-14-36(12-13-36)15-17-37)41-27-21-28(40-23-39-27)42-29(47)11-7-5-6-8-18-38-31(35(2,3)4)34(50)44-19-9-10-25(44)22-46/h20-23,25,31,38H,5-19H2,1-4H3,(H,43,48)(H2,39,40,41,42,47)/t25-,31+/m0/s1. The molecule has 2 aromatic rings. The number of fused-ring (bicyclic) bond motifs is 2. The lowest BCUT2D eigenvalue weighted by Crippen LogP contribution is -2.54. The van der Waals surface area contributed by atoms with Crippen molar-refractivity contribution in [3.05, 3.63) is 40.1 Å². The lowest BCUT2D eigenvalue weighted by atomic mass is 9.79. The molecule has 0 aromatic carbocycles. The van der Waals surface area contributed by atoms with E-state index in [0.717, 1.165) is 64.1 Å². The molecule has 270 valence electrons. The largest absolute Gasteiger partial charge is 0.336 e. The molecule has 2 aromatic heterocycles. The first-order chi connectivity index (χ1) is 23.8. The second kappa shape index (κ2) is 14.2. The van der Waals surface area contributed by atoms with E-state index in [1.807, 2.05) is 27.7 Å². The molecule has 0 bridgehead atoms. The number of pyridine rings is 1. The van der Waals surface area contributed by atoms with Gasteiger partial charge in [0.15, 0.2) is 0 Å². The number of likely N-dealkylation sites (tertiary alicyclic amines) is 1. The van der Waals surface area contributed by atoms with E-state index in [4.69, 9.17) is 0 Å². The Morgan fingerprint density at radius 3 is 2.42 bits per heavy atom. The Morgan fingerprint density at radius 2 is 1.72 bits per heavy atom. The molecule has 2 atom stereocenters. The van der Waals surface area contributed by atoms with E-state index in [2.05, 4.69) is 31.2 Å². The highest BCUT2D eigenvalue weighted by atomic mass is 16.2. The zero-order valence-corrected chi connectivity index (χ0v) is 29.9. The maximum atomic E-state index is 13.8. The summed E-state index contributed by atoms with van der Waals surface area (Å²) in [6, 6.07) is 2.60. The van der Waals surface area contributed by atoms with Crippen LogP contribution in [-0.4, -0.2) is 68.6 Å². The number of carbonyl (C=O) groups excluding carboxylic acids is 4. The van der Waals surface area contributed by atoms with Gasteiger partial charge >= 0.3 is 0 Å². The number of nitrogens with zero attached hydrogens (tertiary/aromatic N) is 4. The monoisotopic (exact) mass is 688 g/mol. The van der Waals surface area contributed by atoms with E-state index in [-0.39, 0.29) is 40.8 Å². The van der Waals surface area contributed by atoms with Crippen LogP contribution in [0.1, 0.15) is 120 Å². The number of amides is 3. The molecule has 2 spiro atoms. The summed E-state index contributed by atoms with van der Waals surface area (Å²) in [4.78, 5) is 74.4. The average molecular weight is 689 g/mol. The number of unbranched alkanes of at least 4 members (excludes halogenated alkanes) is 3. The Labute approximate surface area is 293 Å². The van der Waals surface area contributed by atoms with Gasteiger partial charge in [0.2, 0.25) is 11.8 Å². The molecule has 0 unspecified atom stereocenters. The topological polar surface area (TPSA) is 167 Å². The van der Waals surface area contributed by atoms with Crippen molar-refractivity contribution in [3.63, 3.8) is 0 Å². The fraction of sp³-hybridized carbons (Fsp3) is 0.649. The summed E-state index contributed by atoms with van der Waals surface area (Å²) >= 11 is 0. The molecule has 50 heavy (non-hydrogen) atoms. The van der Waals surface area contributed by atoms with Gasteiger partial charge in [-0.15, -0.1) is 0 Å². The Bertz CT molecular complexity index is 1680. The van der Waals surface area contributed by atoms with E-state index < -0.39 is 5.66 Å². The lowest BCUT2D eigenvalue weighted by molar-refractivity contribution is -0.139. The van der Waals surface area contributed by atoms with Crippen LogP contribution in [0.2, 0.25) is 0 Å². The van der Waals surface area contributed by atoms with Gasteiger partial charge in [0.05, 0.1) is 12.1 Å². The van der Waals surface area contributed by atoms with Crippen molar-refractivity contribution in [2.75, 3.05) is 23.7 Å². The third-order valence-electron chi connectivity index (χ3n) is 11.2. The highest BCUT2D eigenvalue weighted by Crippen LogP contribution is 2.59. The minimum atomic E-state index is -0.690. The van der Waals surface area contributed by atoms with Gasteiger partial charge in [-0.2, -0.15) is 0 Å². The van der Waals surface area contributed by atoms with E-state index in [1.165, 1.54) is 19.2 Å². The fourth-order valence-electron chi connectivity index (χ4n) is 8.05. The van der Waals surface area contributed by atoms with Gasteiger partial charge in [-0.3, -0.25) is 23.7 Å². The van der Waals surface area contributed by atoms with E-state index in [9.17, 15) is 24.0 Å². The van der Waals surface area contributed by atoms with Crippen molar-refractivity contribution >= 4 is 41.3 Å². The number of rotatable bonds is 13. The van der Waals surface area contributed by atoms with Crippen LogP contribution in [0.15, 0.2) is 23.3 Å². The van der Waals surface area contributed by atoms with Gasteiger partial charge in [-0.05, 0) is 100 Å². The third kappa shape index (κ3) is 7.47. The van der Waals surface area contributed by atoms with Crippen molar-refractivity contribution in [1.82, 2.24) is 30.1 Å². The predicted octanol–water partition coefficient (Wildman–Crippen LogP) is 4.52. The summed E-state index contributed by atoms with van der Waals surface area (Å²) in [7, 11) is 0. The van der Waals surface area contributed by atoms with Gasteiger partial charge in [-0.1, -0.05) is 33.6 Å². The molecule has 2 saturated carbocycles. The number of aryl methyl sites for hydroxylation is 1. The summed E-state index contributed by atoms with van der Waals surface area (Å²) in [6.07, 6.45) is 13.5. The average Bonchev–Trinajstić information content (AvgIpc) is 3.53. The van der Waals surface area contributed by atoms with Gasteiger partial charge in [0.1, 0.15) is 41.3 Å². The normalized spacial score (nSPS) is 20.8. The van der Waals surface area contributed by atoms with Crippen LogP contribution in [-0.2, 0) is 20.0 Å². The van der Waals surface area contributed by atoms with Crippen molar-refractivity contribution in [2.45, 2.75) is 129 Å². The second-order valence-corrected chi connectivity index (χ2v) is 16.0. The van der Waals surface area contributed by atoms with Crippen LogP contribution < -0.4 is 26.8 Å². The third-order valence-corrected chi connectivity index (χ3v) is 11.2. The lowest BCUT2D eigenvalue weighted by Gasteiger charge is -2.39. The summed E-state index contributed by atoms with van der Waals surface area (Å²) in [5.74, 6) is 0.333. The van der Waals surface area contributed by atoms with Gasteiger partial charge in [0.25, 0.3) is 11.5 Å². The molecule has 1 saturated heterocycles. The molecule has 2 aliphatic carbocycles. The predicted molar refractivity (Wildman–Crippen MR) is 190 cm³/mol. The fourth-order valence-corrected chi connectivity index (χ4v) is 8.05. The van der Waals surface area contributed by atoms with Gasteiger partial charge in [-0.25, -0.2) is 9.97 Å². The van der Waals surface area contributed by atoms with Crippen molar-refractivity contribution < 1.29 is 19.2 Å². The SMILES string of the molecule is Cc1cc(Nc2cc(NC(=O)CCCCCCN[C@H](C(=O)N3CCC[C@H]3C=O)C(C)(C)C)ncn2)c(=O)n2c1C(=O)NC21CCC2(CC2)CC1. The van der Waals surface area contributed by atoms with Crippen LogP contribution in [0.4, 0.5) is 17.3 Å². The molecule has 4 aliphatic rings. The first-order valence-electron chi connectivity index (χ1n) is 18.3. The summed E-state index contributed by atoms with van der Waals surface area (Å²) in [5, 5.41) is 12.5. The van der Waals surface area contributed by atoms with Crippen LogP contribution in [0, 0.1) is 17.8 Å². The zero-order chi connectivity index (χ0) is 35.7. The van der Waals surface area contributed by atoms with Crippen molar-refractivity contribution in [3.8, 4) is 0 Å². The molecular weight excluding hydrogens is 636 g/mol. The molecule has 4 N–H and O–H groups in total. The molecular formula is C37H52N8O5. The first kappa shape index (κ1) is 35.7. The van der Waals surface area contributed by atoms with E-state index in [1.54, 1.807) is 21.6 Å². The molecule has 0 radical (unpaired) electrons. The Kier molecular flexibility index (Phi) is 10.2. The number of hydrogen-bond acceptors (Lipinski definition) is 9. The summed E-state index contributed by atoms with van der Waals surface area (Å²) in [5.41, 5.74) is 0.616. The van der Waals surface area contributed by atoms with Crippen molar-refractivity contribution in [2.24, 2.45) is 10.8 Å². The summed E-state index contributed by atoms with van der Waals surface area (Å²) in [6.45, 7) is 9.25. The number of hydrogen-bond donors (Lipinski definition) is 4. The van der Waals surface area contributed by atoms with Gasteiger partial charge < -0.3 is 31.0 Å². The minimum Gasteiger partial charge on any atom is -0.336 e. The molecule has 4 heterocycles. The molecule has 6 rings (SSSR count). The maximum Gasteiger partial charge on any atom is 0.276 e. The van der Waals surface area contributed by atoms with Crippen molar-refractivity contribution in [1.29, 1.82) is 0 Å².